The van der Waals surface area contributed by atoms with Gasteiger partial charge in [-0.05, 0) is 72.9 Å². The number of anilines is 2. The highest BCUT2D eigenvalue weighted by Gasteiger charge is 2.62. The number of nitrogens with zero attached hydrogens (tertiary/aromatic N) is 1. The van der Waals surface area contributed by atoms with Crippen molar-refractivity contribution in [2.24, 2.45) is 0 Å². The zero-order chi connectivity index (χ0) is 34.2. The van der Waals surface area contributed by atoms with Crippen LogP contribution in [0.1, 0.15) is 57.6 Å². The maximum atomic E-state index is 13.2. The van der Waals surface area contributed by atoms with E-state index < -0.39 is 14.4 Å². The first-order valence-corrected chi connectivity index (χ1v) is 20.3. The number of benzene rings is 3. The number of amides is 2. The van der Waals surface area contributed by atoms with Gasteiger partial charge in [-0.3, -0.25) is 15.0 Å². The fourth-order valence-corrected chi connectivity index (χ4v) is 7.91. The summed E-state index contributed by atoms with van der Waals surface area (Å²) in [6.45, 7) is 11.6. The highest BCUT2D eigenvalue weighted by atomic mass is 35.5. The van der Waals surface area contributed by atoms with Crippen molar-refractivity contribution < 1.29 is 23.5 Å². The van der Waals surface area contributed by atoms with Crippen LogP contribution in [0.5, 0.6) is 0 Å². The van der Waals surface area contributed by atoms with E-state index in [0.29, 0.717) is 54.4 Å². The van der Waals surface area contributed by atoms with Crippen LogP contribution in [0.15, 0.2) is 66.7 Å². The number of rotatable bonds is 11. The van der Waals surface area contributed by atoms with E-state index in [9.17, 15) is 9.59 Å². The SMILES string of the molecule is CN1C2CC(OC(=O)Nc3cc(CCCC(=O)Nc4ccc(CO[Si](C)(C)C(C)(C)C)cc4Cl)ccc3-c3ccccc3)CC1C1OC12. The van der Waals surface area contributed by atoms with Crippen LogP contribution in [0.2, 0.25) is 23.2 Å². The first-order chi connectivity index (χ1) is 22.8. The van der Waals surface area contributed by atoms with Crippen molar-refractivity contribution in [1.82, 2.24) is 4.90 Å². The molecule has 48 heavy (non-hydrogen) atoms. The lowest BCUT2D eigenvalue weighted by Crippen LogP contribution is -2.48. The summed E-state index contributed by atoms with van der Waals surface area (Å²) in [6, 6.07) is 22.3. The van der Waals surface area contributed by atoms with Gasteiger partial charge in [-0.2, -0.15) is 0 Å². The van der Waals surface area contributed by atoms with E-state index in [1.54, 1.807) is 0 Å². The number of fused-ring (bicyclic) bond motifs is 5. The lowest BCUT2D eigenvalue weighted by molar-refractivity contribution is -0.116. The normalized spacial score (nSPS) is 23.4. The smallest absolute Gasteiger partial charge is 0.411 e. The molecule has 3 saturated heterocycles. The van der Waals surface area contributed by atoms with Crippen LogP contribution in [0.3, 0.4) is 0 Å². The van der Waals surface area contributed by atoms with Crippen LogP contribution in [0, 0.1) is 0 Å². The molecule has 10 heteroatoms. The second kappa shape index (κ2) is 14.0. The van der Waals surface area contributed by atoms with Gasteiger partial charge in [0.25, 0.3) is 0 Å². The molecule has 4 unspecified atom stereocenters. The van der Waals surface area contributed by atoms with Crippen LogP contribution in [0.4, 0.5) is 16.2 Å². The van der Waals surface area contributed by atoms with Gasteiger partial charge in [0.1, 0.15) is 18.3 Å². The molecule has 3 aliphatic rings. The first kappa shape index (κ1) is 34.6. The van der Waals surface area contributed by atoms with E-state index in [2.05, 4.69) is 62.5 Å². The molecule has 2 N–H and O–H groups in total. The van der Waals surface area contributed by atoms with E-state index in [1.807, 2.05) is 60.7 Å². The van der Waals surface area contributed by atoms with Crippen molar-refractivity contribution in [3.63, 3.8) is 0 Å². The summed E-state index contributed by atoms with van der Waals surface area (Å²) >= 11 is 6.55. The van der Waals surface area contributed by atoms with Crippen molar-refractivity contribution in [3.8, 4) is 11.1 Å². The van der Waals surface area contributed by atoms with Crippen molar-refractivity contribution in [1.29, 1.82) is 0 Å². The monoisotopic (exact) mass is 689 g/mol. The molecule has 0 saturated carbocycles. The molecule has 0 radical (unpaired) electrons. The molecule has 256 valence electrons. The number of hydrogen-bond donors (Lipinski definition) is 2. The number of nitrogens with one attached hydrogen (secondary N) is 2. The van der Waals surface area contributed by atoms with Gasteiger partial charge >= 0.3 is 6.09 Å². The number of piperidine rings is 1. The van der Waals surface area contributed by atoms with Crippen LogP contribution >= 0.6 is 11.6 Å². The Labute approximate surface area is 290 Å². The summed E-state index contributed by atoms with van der Waals surface area (Å²) in [4.78, 5) is 28.4. The predicted octanol–water partition coefficient (Wildman–Crippen LogP) is 8.65. The molecule has 3 heterocycles. The van der Waals surface area contributed by atoms with Crippen molar-refractivity contribution in [2.45, 2.75) is 108 Å². The van der Waals surface area contributed by atoms with Gasteiger partial charge in [-0.15, -0.1) is 0 Å². The number of morpholine rings is 1. The van der Waals surface area contributed by atoms with Crippen molar-refractivity contribution >= 4 is 43.3 Å². The topological polar surface area (TPSA) is 92.4 Å². The summed E-state index contributed by atoms with van der Waals surface area (Å²) in [6.07, 6.45) is 3.22. The molecule has 3 aromatic rings. The van der Waals surface area contributed by atoms with E-state index in [0.717, 1.165) is 35.1 Å². The Morgan fingerprint density at radius 2 is 1.62 bits per heavy atom. The molecule has 3 aromatic carbocycles. The zero-order valence-electron chi connectivity index (χ0n) is 28.8. The second-order valence-corrected chi connectivity index (χ2v) is 20.2. The maximum Gasteiger partial charge on any atom is 0.411 e. The zero-order valence-corrected chi connectivity index (χ0v) is 30.6. The number of likely N-dealkylation sites (N-methyl/N-ethyl adjacent to an activating group) is 1. The van der Waals surface area contributed by atoms with Gasteiger partial charge in [-0.25, -0.2) is 4.79 Å². The number of epoxide rings is 1. The second-order valence-electron chi connectivity index (χ2n) is 15.0. The third-order valence-corrected chi connectivity index (χ3v) is 15.4. The minimum atomic E-state index is -1.88. The number of hydrogen-bond acceptors (Lipinski definition) is 6. The Morgan fingerprint density at radius 3 is 2.29 bits per heavy atom. The van der Waals surface area contributed by atoms with E-state index in [4.69, 9.17) is 25.5 Å². The average Bonchev–Trinajstić information content (AvgIpc) is 3.80. The molecule has 6 rings (SSSR count). The highest BCUT2D eigenvalue weighted by molar-refractivity contribution is 6.74. The van der Waals surface area contributed by atoms with E-state index in [1.165, 1.54) is 0 Å². The Hall–Kier alpha value is -3.21. The molecule has 3 fully saturated rings. The summed E-state index contributed by atoms with van der Waals surface area (Å²) in [5.74, 6) is -0.0971. The molecular formula is C38H48ClN3O5Si. The largest absolute Gasteiger partial charge is 0.446 e. The van der Waals surface area contributed by atoms with Crippen molar-refractivity contribution in [3.05, 3.63) is 82.9 Å². The number of carbonyl (C=O) groups is 2. The van der Waals surface area contributed by atoms with Crippen LogP contribution in [0.25, 0.3) is 11.1 Å². The fraction of sp³-hybridized carbons (Fsp3) is 0.474. The van der Waals surface area contributed by atoms with Gasteiger partial charge in [0.2, 0.25) is 5.91 Å². The Bertz CT molecular complexity index is 1630. The summed E-state index contributed by atoms with van der Waals surface area (Å²) in [7, 11) is 0.261. The number of ether oxygens (including phenoxy) is 2. The maximum absolute atomic E-state index is 13.2. The Morgan fingerprint density at radius 1 is 0.938 bits per heavy atom. The molecule has 2 amide bonds. The standard InChI is InChI=1S/C38H48ClN3O5Si/c1-38(2,3)48(5,6)45-23-25-16-18-30(29(39)19-25)40-34(43)14-10-11-24-15-17-28(26-12-8-7-9-13-26)31(20-24)41-37(44)46-27-21-32-35-36(47-35)33(22-27)42(32)4/h7-9,12-13,15-20,27,32-33,35-36H,10-11,14,21-23H2,1-6H3,(H,40,43)(H,41,44). The van der Waals surface area contributed by atoms with Gasteiger partial charge in [0, 0.05) is 36.9 Å². The van der Waals surface area contributed by atoms with Gasteiger partial charge in [0.05, 0.1) is 23.0 Å². The molecule has 0 aromatic heterocycles. The van der Waals surface area contributed by atoms with E-state index in [-0.39, 0.29) is 29.3 Å². The van der Waals surface area contributed by atoms with Gasteiger partial charge < -0.3 is 19.2 Å². The Balaban J connectivity index is 1.03. The van der Waals surface area contributed by atoms with Crippen LogP contribution in [-0.2, 0) is 31.7 Å². The summed E-state index contributed by atoms with van der Waals surface area (Å²) in [5, 5.41) is 6.62. The minimum Gasteiger partial charge on any atom is -0.446 e. The molecule has 0 spiro atoms. The first-order valence-electron chi connectivity index (χ1n) is 17.0. The average molecular weight is 690 g/mol. The molecule has 4 atom stereocenters. The fourth-order valence-electron chi connectivity index (χ4n) is 6.70. The Kier molecular flexibility index (Phi) is 10.1. The molecule has 8 nitrogen and oxygen atoms in total. The molecular weight excluding hydrogens is 642 g/mol. The summed E-state index contributed by atoms with van der Waals surface area (Å²) in [5.41, 5.74) is 5.22. The van der Waals surface area contributed by atoms with Crippen LogP contribution in [-0.4, -0.2) is 62.7 Å². The number of halogens is 1. The summed E-state index contributed by atoms with van der Waals surface area (Å²) < 4.78 is 18.1. The van der Waals surface area contributed by atoms with Gasteiger partial charge in [-0.1, -0.05) is 80.9 Å². The molecule has 3 aliphatic heterocycles. The highest BCUT2D eigenvalue weighted by Crippen LogP contribution is 2.48. The van der Waals surface area contributed by atoms with Crippen LogP contribution < -0.4 is 10.6 Å². The third-order valence-electron chi connectivity index (χ3n) is 10.6. The number of aryl methyl sites for hydroxylation is 1. The lowest BCUT2D eigenvalue weighted by atomic mass is 9.99. The molecule has 0 aliphatic carbocycles. The predicted molar refractivity (Wildman–Crippen MR) is 194 cm³/mol. The van der Waals surface area contributed by atoms with E-state index >= 15 is 0 Å². The number of carbonyl (C=O) groups excluding carboxylic acids is 2. The third kappa shape index (κ3) is 7.81. The van der Waals surface area contributed by atoms with Gasteiger partial charge in [0.15, 0.2) is 8.32 Å². The molecule has 2 bridgehead atoms. The lowest BCUT2D eigenvalue weighted by Gasteiger charge is -2.37. The quantitative estimate of drug-likeness (QED) is 0.155. The minimum absolute atomic E-state index is 0.0971. The van der Waals surface area contributed by atoms with Crippen molar-refractivity contribution in [2.75, 3.05) is 17.7 Å².